The second-order valence-corrected chi connectivity index (χ2v) is 9.70. The van der Waals surface area contributed by atoms with Crippen LogP contribution >= 0.6 is 0 Å². The zero-order chi connectivity index (χ0) is 23.3. The predicted molar refractivity (Wildman–Crippen MR) is 129 cm³/mol. The lowest BCUT2D eigenvalue weighted by molar-refractivity contribution is 0.0218. The molecule has 3 aliphatic rings. The second kappa shape index (κ2) is 8.10. The fourth-order valence-corrected chi connectivity index (χ4v) is 5.64. The summed E-state index contributed by atoms with van der Waals surface area (Å²) >= 11 is 0. The molecule has 0 saturated carbocycles. The average Bonchev–Trinajstić information content (AvgIpc) is 3.04. The number of carbonyl (C=O) groups is 1. The van der Waals surface area contributed by atoms with Crippen molar-refractivity contribution in [3.63, 3.8) is 0 Å². The third-order valence-electron chi connectivity index (χ3n) is 7.30. The monoisotopic (exact) mass is 448 g/mol. The molecule has 0 bridgehead atoms. The van der Waals surface area contributed by atoms with E-state index in [9.17, 15) is 4.79 Å². The molecule has 5 rings (SSSR count). The number of rotatable bonds is 4. The number of carbonyl (C=O) groups excluding carboxylic acids is 1. The topological polar surface area (TPSA) is 51.2 Å². The number of ether oxygens (including phenoxy) is 3. The number of methoxy groups -OCH3 is 1. The van der Waals surface area contributed by atoms with Crippen LogP contribution in [0, 0.1) is 6.92 Å². The average molecular weight is 449 g/mol. The number of esters is 1. The van der Waals surface area contributed by atoms with E-state index in [4.69, 9.17) is 14.2 Å². The molecule has 0 saturated heterocycles. The molecular weight excluding hydrogens is 416 g/mol. The van der Waals surface area contributed by atoms with Gasteiger partial charge in [0.2, 0.25) is 0 Å². The molecular formula is C27H32N2O4. The van der Waals surface area contributed by atoms with Crippen LogP contribution in [0.15, 0.2) is 42.5 Å². The first-order valence-corrected chi connectivity index (χ1v) is 11.6. The van der Waals surface area contributed by atoms with Gasteiger partial charge in [-0.1, -0.05) is 12.1 Å². The molecule has 0 amide bonds. The van der Waals surface area contributed by atoms with E-state index in [2.05, 4.69) is 30.2 Å². The van der Waals surface area contributed by atoms with Crippen LogP contribution in [0.2, 0.25) is 0 Å². The van der Waals surface area contributed by atoms with E-state index in [0.29, 0.717) is 12.0 Å². The first-order chi connectivity index (χ1) is 15.8. The fraction of sp³-hybridized carbons (Fsp3) is 0.444. The summed E-state index contributed by atoms with van der Waals surface area (Å²) in [6.07, 6.45) is 5.46. The van der Waals surface area contributed by atoms with Crippen molar-refractivity contribution in [2.45, 2.75) is 43.9 Å². The normalized spacial score (nSPS) is 25.5. The number of hydrogen-bond acceptors (Lipinski definition) is 6. The lowest BCUT2D eigenvalue weighted by atomic mass is 9.69. The molecule has 0 aromatic heterocycles. The summed E-state index contributed by atoms with van der Waals surface area (Å²) in [6, 6.07) is 9.85. The molecule has 0 unspecified atom stereocenters. The zero-order valence-electron chi connectivity index (χ0n) is 20.1. The summed E-state index contributed by atoms with van der Waals surface area (Å²) in [5.74, 6) is 1.32. The maximum absolute atomic E-state index is 12.9. The first-order valence-electron chi connectivity index (χ1n) is 11.6. The highest BCUT2D eigenvalue weighted by molar-refractivity contribution is 5.90. The quantitative estimate of drug-likeness (QED) is 0.519. The van der Waals surface area contributed by atoms with Crippen molar-refractivity contribution in [2.75, 3.05) is 39.7 Å². The zero-order valence-corrected chi connectivity index (χ0v) is 20.1. The van der Waals surface area contributed by atoms with Gasteiger partial charge in [-0.3, -0.25) is 0 Å². The maximum Gasteiger partial charge on any atom is 0.338 e. The van der Waals surface area contributed by atoms with Gasteiger partial charge in [-0.25, -0.2) is 4.79 Å². The number of benzene rings is 2. The molecule has 0 N–H and O–H groups in total. The molecule has 6 heteroatoms. The highest BCUT2D eigenvalue weighted by Gasteiger charge is 2.53. The van der Waals surface area contributed by atoms with Gasteiger partial charge < -0.3 is 24.0 Å². The molecule has 2 aromatic carbocycles. The van der Waals surface area contributed by atoms with Gasteiger partial charge in [-0.15, -0.1) is 0 Å². The summed E-state index contributed by atoms with van der Waals surface area (Å²) in [7, 11) is 7.83. The summed E-state index contributed by atoms with van der Waals surface area (Å²) in [4.78, 5) is 17.3. The Balaban J connectivity index is 1.42. The summed E-state index contributed by atoms with van der Waals surface area (Å²) in [5, 5.41) is 0. The summed E-state index contributed by atoms with van der Waals surface area (Å²) < 4.78 is 18.1. The summed E-state index contributed by atoms with van der Waals surface area (Å²) in [5.41, 5.74) is 5.02. The van der Waals surface area contributed by atoms with Gasteiger partial charge in [0.05, 0.1) is 18.1 Å². The van der Waals surface area contributed by atoms with Crippen LogP contribution in [0.4, 0.5) is 5.69 Å². The van der Waals surface area contributed by atoms with Crippen LogP contribution in [0.5, 0.6) is 11.5 Å². The van der Waals surface area contributed by atoms with E-state index < -0.39 is 0 Å². The van der Waals surface area contributed by atoms with Gasteiger partial charge >= 0.3 is 5.97 Å². The van der Waals surface area contributed by atoms with Crippen LogP contribution in [0.25, 0.3) is 0 Å². The van der Waals surface area contributed by atoms with Crippen LogP contribution in [-0.2, 0) is 16.7 Å². The molecule has 1 spiro atoms. The predicted octanol–water partition coefficient (Wildman–Crippen LogP) is 4.09. The maximum atomic E-state index is 12.9. The van der Waals surface area contributed by atoms with Crippen molar-refractivity contribution < 1.29 is 19.0 Å². The first kappa shape index (κ1) is 21.8. The van der Waals surface area contributed by atoms with Crippen LogP contribution in [0.1, 0.15) is 39.9 Å². The van der Waals surface area contributed by atoms with E-state index in [1.165, 1.54) is 11.1 Å². The lowest BCUT2D eigenvalue weighted by Gasteiger charge is -2.36. The van der Waals surface area contributed by atoms with Gasteiger partial charge in [0.1, 0.15) is 12.2 Å². The molecule has 0 radical (unpaired) electrons. The van der Waals surface area contributed by atoms with E-state index >= 15 is 0 Å². The van der Waals surface area contributed by atoms with Gasteiger partial charge in [0.25, 0.3) is 0 Å². The Morgan fingerprint density at radius 2 is 2.06 bits per heavy atom. The van der Waals surface area contributed by atoms with Crippen molar-refractivity contribution in [1.29, 1.82) is 0 Å². The molecule has 1 aliphatic carbocycles. The smallest absolute Gasteiger partial charge is 0.338 e. The number of nitrogens with zero attached hydrogens (tertiary/aromatic N) is 2. The third kappa shape index (κ3) is 3.57. The van der Waals surface area contributed by atoms with Crippen molar-refractivity contribution in [3.05, 3.63) is 64.7 Å². The number of hydrogen-bond donors (Lipinski definition) is 0. The third-order valence-corrected chi connectivity index (χ3v) is 7.30. The molecule has 2 heterocycles. The van der Waals surface area contributed by atoms with Gasteiger partial charge in [0, 0.05) is 38.3 Å². The largest absolute Gasteiger partial charge is 0.493 e. The summed E-state index contributed by atoms with van der Waals surface area (Å²) in [6.45, 7) is 3.87. The Morgan fingerprint density at radius 1 is 1.24 bits per heavy atom. The van der Waals surface area contributed by atoms with Crippen molar-refractivity contribution in [2.24, 2.45) is 0 Å². The Hall–Kier alpha value is -2.99. The molecule has 174 valence electrons. The highest BCUT2D eigenvalue weighted by Crippen LogP contribution is 2.55. The van der Waals surface area contributed by atoms with E-state index in [1.807, 2.05) is 50.2 Å². The Kier molecular flexibility index (Phi) is 5.36. The molecule has 6 nitrogen and oxygen atoms in total. The standard InChI is InChI=1S/C27H32N2O4/c1-17-14-18(6-8-21(17)28(2)3)26(30)32-20-10-11-27-12-13-29(4)16-19-7-9-22(31-5)25(24(19)27)33-23(27)15-20/h6-11,14,20,23H,12-13,15-16H2,1-5H3/t20-,23-,27-/m0/s1. The minimum absolute atomic E-state index is 0.0882. The minimum Gasteiger partial charge on any atom is -0.493 e. The lowest BCUT2D eigenvalue weighted by Crippen LogP contribution is -2.43. The minimum atomic E-state index is -0.327. The fourth-order valence-electron chi connectivity index (χ4n) is 5.64. The Morgan fingerprint density at radius 3 is 2.79 bits per heavy atom. The SMILES string of the molecule is COc1ccc2c3c1O[C@H]1C[C@@H](OC(=O)c4ccc(N(C)C)c(C)c4)C=C[C@@]31CCN(C)C2. The van der Waals surface area contributed by atoms with Gasteiger partial charge in [0.15, 0.2) is 11.5 Å². The van der Waals surface area contributed by atoms with Crippen molar-refractivity contribution in [3.8, 4) is 11.5 Å². The van der Waals surface area contributed by atoms with Crippen LogP contribution in [0.3, 0.4) is 0 Å². The molecule has 2 aromatic rings. The highest BCUT2D eigenvalue weighted by atomic mass is 16.6. The van der Waals surface area contributed by atoms with E-state index in [-0.39, 0.29) is 23.6 Å². The van der Waals surface area contributed by atoms with E-state index in [0.717, 1.165) is 42.3 Å². The number of aryl methyl sites for hydroxylation is 1. The van der Waals surface area contributed by atoms with Crippen molar-refractivity contribution >= 4 is 11.7 Å². The Bertz CT molecular complexity index is 1130. The molecule has 0 fully saturated rings. The molecule has 33 heavy (non-hydrogen) atoms. The van der Waals surface area contributed by atoms with Gasteiger partial charge in [-0.05, 0) is 68.4 Å². The Labute approximate surface area is 195 Å². The number of anilines is 1. The van der Waals surface area contributed by atoms with Crippen molar-refractivity contribution in [1.82, 2.24) is 4.90 Å². The van der Waals surface area contributed by atoms with Crippen LogP contribution < -0.4 is 14.4 Å². The van der Waals surface area contributed by atoms with Crippen LogP contribution in [-0.4, -0.2) is 57.9 Å². The van der Waals surface area contributed by atoms with Gasteiger partial charge in [-0.2, -0.15) is 0 Å². The van der Waals surface area contributed by atoms with E-state index in [1.54, 1.807) is 7.11 Å². The molecule has 3 atom stereocenters. The second-order valence-electron chi connectivity index (χ2n) is 9.70. The molecule has 2 aliphatic heterocycles.